The Hall–Kier alpha value is -0.570. The van der Waals surface area contributed by atoms with E-state index in [0.29, 0.717) is 18.9 Å². The molecule has 0 saturated carbocycles. The van der Waals surface area contributed by atoms with Gasteiger partial charge in [-0.1, -0.05) is 13.8 Å². The highest BCUT2D eigenvalue weighted by atomic mass is 16.5. The standard InChI is InChI=1S/C8H14O3/c1-5(2)7-6(8(9)10)3-4-11-7/h5-7H,3-4H2,1-2H3,(H,9,10)/t6-,7-/m1/s1. The Morgan fingerprint density at radius 2 is 2.27 bits per heavy atom. The predicted molar refractivity (Wildman–Crippen MR) is 40.3 cm³/mol. The molecule has 0 radical (unpaired) electrons. The fraction of sp³-hybridized carbons (Fsp3) is 0.875. The Kier molecular flexibility index (Phi) is 2.49. The van der Waals surface area contributed by atoms with Crippen LogP contribution in [0.15, 0.2) is 0 Å². The first-order valence-electron chi connectivity index (χ1n) is 3.97. The smallest absolute Gasteiger partial charge is 0.309 e. The molecule has 64 valence electrons. The SMILES string of the molecule is CC(C)[C@H]1OCC[C@H]1C(=O)O. The Balaban J connectivity index is 2.58. The minimum absolute atomic E-state index is 0.0764. The van der Waals surface area contributed by atoms with E-state index in [1.807, 2.05) is 13.8 Å². The van der Waals surface area contributed by atoms with Crippen molar-refractivity contribution in [3.63, 3.8) is 0 Å². The first kappa shape index (κ1) is 8.53. The number of rotatable bonds is 2. The van der Waals surface area contributed by atoms with Crippen LogP contribution < -0.4 is 0 Å². The van der Waals surface area contributed by atoms with Crippen LogP contribution in [0.4, 0.5) is 0 Å². The number of carboxylic acid groups (broad SMARTS) is 1. The Bertz CT molecular complexity index is 153. The molecular formula is C8H14O3. The van der Waals surface area contributed by atoms with Gasteiger partial charge in [0.2, 0.25) is 0 Å². The summed E-state index contributed by atoms with van der Waals surface area (Å²) in [5.74, 6) is -0.699. The molecule has 3 heteroatoms. The van der Waals surface area contributed by atoms with Gasteiger partial charge in [-0.15, -0.1) is 0 Å². The Labute approximate surface area is 66.4 Å². The molecule has 1 saturated heterocycles. The molecule has 0 aromatic carbocycles. The zero-order valence-corrected chi connectivity index (χ0v) is 6.91. The van der Waals surface area contributed by atoms with Crippen molar-refractivity contribution in [1.82, 2.24) is 0 Å². The molecule has 0 amide bonds. The lowest BCUT2D eigenvalue weighted by Gasteiger charge is -2.18. The summed E-state index contributed by atoms with van der Waals surface area (Å²) in [5.41, 5.74) is 0. The molecular weight excluding hydrogens is 144 g/mol. The zero-order chi connectivity index (χ0) is 8.43. The maximum atomic E-state index is 10.6. The van der Waals surface area contributed by atoms with Gasteiger partial charge in [-0.2, -0.15) is 0 Å². The van der Waals surface area contributed by atoms with Gasteiger partial charge in [0.25, 0.3) is 0 Å². The third-order valence-electron chi connectivity index (χ3n) is 2.11. The summed E-state index contributed by atoms with van der Waals surface area (Å²) in [6, 6.07) is 0. The van der Waals surface area contributed by atoms with E-state index >= 15 is 0 Å². The summed E-state index contributed by atoms with van der Waals surface area (Å²) >= 11 is 0. The largest absolute Gasteiger partial charge is 0.481 e. The van der Waals surface area contributed by atoms with Crippen molar-refractivity contribution in [1.29, 1.82) is 0 Å². The number of hydrogen-bond acceptors (Lipinski definition) is 2. The summed E-state index contributed by atoms with van der Waals surface area (Å²) in [7, 11) is 0. The number of hydrogen-bond donors (Lipinski definition) is 1. The number of carbonyl (C=O) groups is 1. The number of carboxylic acids is 1. The topological polar surface area (TPSA) is 46.5 Å². The summed E-state index contributed by atoms with van der Waals surface area (Å²) < 4.78 is 5.31. The van der Waals surface area contributed by atoms with Crippen molar-refractivity contribution in [2.75, 3.05) is 6.61 Å². The van der Waals surface area contributed by atoms with E-state index in [2.05, 4.69) is 0 Å². The van der Waals surface area contributed by atoms with Crippen LogP contribution in [0.3, 0.4) is 0 Å². The van der Waals surface area contributed by atoms with Gasteiger partial charge >= 0.3 is 5.97 Å². The maximum absolute atomic E-state index is 10.6. The molecule has 0 aliphatic carbocycles. The number of aliphatic carboxylic acids is 1. The molecule has 1 heterocycles. The van der Waals surface area contributed by atoms with Crippen LogP contribution in [0.25, 0.3) is 0 Å². The second-order valence-electron chi connectivity index (χ2n) is 3.31. The van der Waals surface area contributed by atoms with E-state index in [1.165, 1.54) is 0 Å². The predicted octanol–water partition coefficient (Wildman–Crippen LogP) is 1.13. The molecule has 2 atom stereocenters. The lowest BCUT2D eigenvalue weighted by molar-refractivity contribution is -0.144. The van der Waals surface area contributed by atoms with Crippen LogP contribution in [-0.2, 0) is 9.53 Å². The quantitative estimate of drug-likeness (QED) is 0.655. The maximum Gasteiger partial charge on any atom is 0.309 e. The van der Waals surface area contributed by atoms with Gasteiger partial charge in [0.05, 0.1) is 12.0 Å². The fourth-order valence-electron chi connectivity index (χ4n) is 1.53. The van der Waals surface area contributed by atoms with Gasteiger partial charge in [-0.25, -0.2) is 0 Å². The second kappa shape index (κ2) is 3.22. The highest BCUT2D eigenvalue weighted by molar-refractivity contribution is 5.71. The van der Waals surface area contributed by atoms with Crippen LogP contribution in [-0.4, -0.2) is 23.8 Å². The van der Waals surface area contributed by atoms with Gasteiger partial charge in [0, 0.05) is 6.61 Å². The van der Waals surface area contributed by atoms with Crippen molar-refractivity contribution in [3.05, 3.63) is 0 Å². The first-order chi connectivity index (χ1) is 5.13. The van der Waals surface area contributed by atoms with E-state index < -0.39 is 5.97 Å². The van der Waals surface area contributed by atoms with Gasteiger partial charge in [-0.3, -0.25) is 4.79 Å². The van der Waals surface area contributed by atoms with Crippen LogP contribution in [0, 0.1) is 11.8 Å². The zero-order valence-electron chi connectivity index (χ0n) is 6.91. The van der Waals surface area contributed by atoms with Gasteiger partial charge < -0.3 is 9.84 Å². The molecule has 3 nitrogen and oxygen atoms in total. The van der Waals surface area contributed by atoms with E-state index in [9.17, 15) is 4.79 Å². The monoisotopic (exact) mass is 158 g/mol. The van der Waals surface area contributed by atoms with Crippen molar-refractivity contribution >= 4 is 5.97 Å². The molecule has 0 aromatic heterocycles. The molecule has 1 rings (SSSR count). The molecule has 0 unspecified atom stereocenters. The van der Waals surface area contributed by atoms with Crippen LogP contribution in [0.1, 0.15) is 20.3 Å². The summed E-state index contributed by atoms with van der Waals surface area (Å²) in [4.78, 5) is 10.6. The lowest BCUT2D eigenvalue weighted by atomic mass is 9.93. The minimum Gasteiger partial charge on any atom is -0.481 e. The van der Waals surface area contributed by atoms with Gasteiger partial charge in [0.15, 0.2) is 0 Å². The summed E-state index contributed by atoms with van der Waals surface area (Å²) in [6.45, 7) is 4.58. The normalized spacial score (nSPS) is 31.2. The third-order valence-corrected chi connectivity index (χ3v) is 2.11. The molecule has 1 N–H and O–H groups in total. The minimum atomic E-state index is -0.721. The lowest BCUT2D eigenvalue weighted by Crippen LogP contribution is -2.28. The Morgan fingerprint density at radius 3 is 2.64 bits per heavy atom. The molecule has 1 aliphatic rings. The fourth-order valence-corrected chi connectivity index (χ4v) is 1.53. The van der Waals surface area contributed by atoms with Gasteiger partial charge in [-0.05, 0) is 12.3 Å². The first-order valence-corrected chi connectivity index (χ1v) is 3.97. The van der Waals surface area contributed by atoms with Gasteiger partial charge in [0.1, 0.15) is 0 Å². The average molecular weight is 158 g/mol. The number of ether oxygens (including phenoxy) is 1. The highest BCUT2D eigenvalue weighted by Crippen LogP contribution is 2.26. The van der Waals surface area contributed by atoms with E-state index in [4.69, 9.17) is 9.84 Å². The van der Waals surface area contributed by atoms with Crippen molar-refractivity contribution in [3.8, 4) is 0 Å². The van der Waals surface area contributed by atoms with Crippen molar-refractivity contribution < 1.29 is 14.6 Å². The summed E-state index contributed by atoms with van der Waals surface area (Å²) in [5, 5.41) is 8.75. The van der Waals surface area contributed by atoms with Crippen molar-refractivity contribution in [2.45, 2.75) is 26.4 Å². The average Bonchev–Trinajstić information content (AvgIpc) is 2.32. The van der Waals surface area contributed by atoms with E-state index in [1.54, 1.807) is 0 Å². The van der Waals surface area contributed by atoms with Crippen molar-refractivity contribution in [2.24, 2.45) is 11.8 Å². The molecule has 0 aromatic rings. The molecule has 0 spiro atoms. The van der Waals surface area contributed by atoms with Crippen LogP contribution in [0.5, 0.6) is 0 Å². The van der Waals surface area contributed by atoms with Crippen LogP contribution >= 0.6 is 0 Å². The molecule has 11 heavy (non-hydrogen) atoms. The molecule has 1 fully saturated rings. The molecule has 1 aliphatic heterocycles. The van der Waals surface area contributed by atoms with E-state index in [0.717, 1.165) is 0 Å². The molecule has 0 bridgehead atoms. The van der Waals surface area contributed by atoms with E-state index in [-0.39, 0.29) is 12.0 Å². The second-order valence-corrected chi connectivity index (χ2v) is 3.31. The third kappa shape index (κ3) is 1.71. The Morgan fingerprint density at radius 1 is 1.64 bits per heavy atom. The van der Waals surface area contributed by atoms with Crippen LogP contribution in [0.2, 0.25) is 0 Å². The summed E-state index contributed by atoms with van der Waals surface area (Å²) in [6.07, 6.45) is 0.588. The highest BCUT2D eigenvalue weighted by Gasteiger charge is 2.35.